The highest BCUT2D eigenvalue weighted by molar-refractivity contribution is 5.47. The van der Waals surface area contributed by atoms with Crippen LogP contribution in [0, 0.1) is 5.92 Å². The minimum absolute atomic E-state index is 0.169. The lowest BCUT2D eigenvalue weighted by molar-refractivity contribution is 0.343. The van der Waals surface area contributed by atoms with E-state index in [9.17, 15) is 0 Å². The second kappa shape index (κ2) is 4.34. The molecule has 0 bridgehead atoms. The van der Waals surface area contributed by atoms with Crippen LogP contribution in [0.1, 0.15) is 24.8 Å². The van der Waals surface area contributed by atoms with Crippen molar-refractivity contribution in [2.24, 2.45) is 11.7 Å². The standard InChI is InChI=1S/C11H13N5O2/c1-17-8-5-4-7(14-15-8)10-13-11(18-16-10)9(12)6-2-3-6/h4-6,9H,2-3,12H2,1H3. The summed E-state index contributed by atoms with van der Waals surface area (Å²) in [7, 11) is 1.53. The lowest BCUT2D eigenvalue weighted by atomic mass is 10.2. The average Bonchev–Trinajstić information content (AvgIpc) is 3.15. The fraction of sp³-hybridized carbons (Fsp3) is 0.455. The summed E-state index contributed by atoms with van der Waals surface area (Å²) in [4.78, 5) is 4.25. The van der Waals surface area contributed by atoms with Crippen molar-refractivity contribution in [3.05, 3.63) is 18.0 Å². The van der Waals surface area contributed by atoms with Gasteiger partial charge in [-0.25, -0.2) is 0 Å². The molecule has 7 heteroatoms. The summed E-state index contributed by atoms with van der Waals surface area (Å²) in [6, 6.07) is 3.25. The van der Waals surface area contributed by atoms with Crippen LogP contribution in [0.2, 0.25) is 0 Å². The van der Waals surface area contributed by atoms with Crippen molar-refractivity contribution in [1.29, 1.82) is 0 Å². The zero-order valence-corrected chi connectivity index (χ0v) is 9.91. The molecular formula is C11H13N5O2. The SMILES string of the molecule is COc1ccc(-c2noc(C(N)C3CC3)n2)nn1. The fourth-order valence-corrected chi connectivity index (χ4v) is 1.68. The van der Waals surface area contributed by atoms with E-state index in [2.05, 4.69) is 20.3 Å². The molecule has 0 radical (unpaired) electrons. The predicted molar refractivity (Wildman–Crippen MR) is 61.5 cm³/mol. The molecule has 0 aromatic carbocycles. The minimum Gasteiger partial charge on any atom is -0.480 e. The quantitative estimate of drug-likeness (QED) is 0.858. The first kappa shape index (κ1) is 11.1. The molecule has 1 fully saturated rings. The summed E-state index contributed by atoms with van der Waals surface area (Å²) >= 11 is 0. The maximum Gasteiger partial charge on any atom is 0.244 e. The molecule has 2 aromatic heterocycles. The Hall–Kier alpha value is -2.02. The van der Waals surface area contributed by atoms with Gasteiger partial charge < -0.3 is 15.0 Å². The van der Waals surface area contributed by atoms with Gasteiger partial charge in [0.2, 0.25) is 17.6 Å². The predicted octanol–water partition coefficient (Wildman–Crippen LogP) is 0.945. The number of nitrogens with two attached hydrogens (primary N) is 1. The summed E-state index contributed by atoms with van der Waals surface area (Å²) in [6.45, 7) is 0. The molecule has 18 heavy (non-hydrogen) atoms. The van der Waals surface area contributed by atoms with Crippen LogP contribution in [0.5, 0.6) is 5.88 Å². The molecule has 1 unspecified atom stereocenters. The Kier molecular flexibility index (Phi) is 2.67. The third-order valence-electron chi connectivity index (χ3n) is 2.94. The van der Waals surface area contributed by atoms with Crippen molar-refractivity contribution in [3.8, 4) is 17.4 Å². The van der Waals surface area contributed by atoms with E-state index in [-0.39, 0.29) is 6.04 Å². The number of hydrogen-bond acceptors (Lipinski definition) is 7. The molecule has 2 aromatic rings. The zero-order chi connectivity index (χ0) is 12.5. The summed E-state index contributed by atoms with van der Waals surface area (Å²) in [5.41, 5.74) is 6.52. The van der Waals surface area contributed by atoms with Crippen LogP contribution >= 0.6 is 0 Å². The Morgan fingerprint density at radius 3 is 2.83 bits per heavy atom. The molecule has 1 atom stereocenters. The highest BCUT2D eigenvalue weighted by Gasteiger charge is 2.33. The number of aromatic nitrogens is 4. The molecule has 0 spiro atoms. The number of ether oxygens (including phenoxy) is 1. The molecular weight excluding hydrogens is 234 g/mol. The zero-order valence-electron chi connectivity index (χ0n) is 9.91. The maximum atomic E-state index is 5.99. The first-order chi connectivity index (χ1) is 8.78. The van der Waals surface area contributed by atoms with Gasteiger partial charge in [0.05, 0.1) is 13.2 Å². The third-order valence-corrected chi connectivity index (χ3v) is 2.94. The minimum atomic E-state index is -0.169. The third kappa shape index (κ3) is 2.04. The van der Waals surface area contributed by atoms with E-state index < -0.39 is 0 Å². The molecule has 2 heterocycles. The van der Waals surface area contributed by atoms with Gasteiger partial charge in [-0.3, -0.25) is 0 Å². The number of nitrogens with zero attached hydrogens (tertiary/aromatic N) is 4. The van der Waals surface area contributed by atoms with E-state index in [4.69, 9.17) is 15.0 Å². The van der Waals surface area contributed by atoms with Crippen LogP contribution in [0.25, 0.3) is 11.5 Å². The van der Waals surface area contributed by atoms with Crippen molar-refractivity contribution >= 4 is 0 Å². The molecule has 0 amide bonds. The average molecular weight is 247 g/mol. The van der Waals surface area contributed by atoms with Crippen molar-refractivity contribution in [2.75, 3.05) is 7.11 Å². The largest absolute Gasteiger partial charge is 0.480 e. The van der Waals surface area contributed by atoms with E-state index >= 15 is 0 Å². The van der Waals surface area contributed by atoms with Crippen molar-refractivity contribution in [2.45, 2.75) is 18.9 Å². The number of hydrogen-bond donors (Lipinski definition) is 1. The van der Waals surface area contributed by atoms with Crippen molar-refractivity contribution in [1.82, 2.24) is 20.3 Å². The van der Waals surface area contributed by atoms with Crippen molar-refractivity contribution in [3.63, 3.8) is 0 Å². The smallest absolute Gasteiger partial charge is 0.244 e. The Morgan fingerprint density at radius 1 is 1.39 bits per heavy atom. The van der Waals surface area contributed by atoms with Gasteiger partial charge in [0.25, 0.3) is 0 Å². The molecule has 1 saturated carbocycles. The van der Waals surface area contributed by atoms with Gasteiger partial charge >= 0.3 is 0 Å². The summed E-state index contributed by atoms with van der Waals surface area (Å²) in [5, 5.41) is 11.7. The maximum absolute atomic E-state index is 5.99. The molecule has 0 aliphatic heterocycles. The first-order valence-electron chi connectivity index (χ1n) is 5.75. The summed E-state index contributed by atoms with van der Waals surface area (Å²) in [6.07, 6.45) is 2.25. The van der Waals surface area contributed by atoms with Crippen LogP contribution in [0.4, 0.5) is 0 Å². The van der Waals surface area contributed by atoms with Crippen LogP contribution in [0.3, 0.4) is 0 Å². The molecule has 0 saturated heterocycles. The summed E-state index contributed by atoms with van der Waals surface area (Å²) in [5.74, 6) is 1.78. The van der Waals surface area contributed by atoms with Crippen LogP contribution < -0.4 is 10.5 Å². The molecule has 1 aliphatic carbocycles. The molecule has 94 valence electrons. The first-order valence-corrected chi connectivity index (χ1v) is 5.75. The topological polar surface area (TPSA) is 100.0 Å². The second-order valence-electron chi connectivity index (χ2n) is 4.28. The van der Waals surface area contributed by atoms with Gasteiger partial charge in [0, 0.05) is 6.07 Å². The van der Waals surface area contributed by atoms with Gasteiger partial charge in [0.15, 0.2) is 0 Å². The van der Waals surface area contributed by atoms with E-state index in [1.165, 1.54) is 7.11 Å². The van der Waals surface area contributed by atoms with Crippen LogP contribution in [0.15, 0.2) is 16.7 Å². The normalized spacial score (nSPS) is 16.6. The van der Waals surface area contributed by atoms with E-state index in [1.807, 2.05) is 0 Å². The van der Waals surface area contributed by atoms with Gasteiger partial charge in [-0.2, -0.15) is 4.98 Å². The number of rotatable bonds is 4. The molecule has 7 nitrogen and oxygen atoms in total. The van der Waals surface area contributed by atoms with Gasteiger partial charge in [0.1, 0.15) is 5.69 Å². The summed E-state index contributed by atoms with van der Waals surface area (Å²) < 4.78 is 10.1. The Morgan fingerprint density at radius 2 is 2.22 bits per heavy atom. The molecule has 3 rings (SSSR count). The van der Waals surface area contributed by atoms with Crippen molar-refractivity contribution < 1.29 is 9.26 Å². The van der Waals surface area contributed by atoms with E-state index in [0.29, 0.717) is 29.2 Å². The van der Waals surface area contributed by atoms with Crippen LogP contribution in [-0.2, 0) is 0 Å². The van der Waals surface area contributed by atoms with Gasteiger partial charge in [-0.1, -0.05) is 5.16 Å². The highest BCUT2D eigenvalue weighted by atomic mass is 16.5. The Labute approximate surface area is 103 Å². The van der Waals surface area contributed by atoms with E-state index in [0.717, 1.165) is 12.8 Å². The fourth-order valence-electron chi connectivity index (χ4n) is 1.68. The monoisotopic (exact) mass is 247 g/mol. The second-order valence-corrected chi connectivity index (χ2v) is 4.28. The van der Waals surface area contributed by atoms with Crippen LogP contribution in [-0.4, -0.2) is 27.4 Å². The molecule has 1 aliphatic rings. The highest BCUT2D eigenvalue weighted by Crippen LogP contribution is 2.39. The number of methoxy groups -OCH3 is 1. The Balaban J connectivity index is 1.82. The Bertz CT molecular complexity index is 535. The van der Waals surface area contributed by atoms with E-state index in [1.54, 1.807) is 12.1 Å². The lowest BCUT2D eigenvalue weighted by Gasteiger charge is -2.01. The molecule has 2 N–H and O–H groups in total. The van der Waals surface area contributed by atoms with Gasteiger partial charge in [-0.15, -0.1) is 10.2 Å². The lowest BCUT2D eigenvalue weighted by Crippen LogP contribution is -2.12. The van der Waals surface area contributed by atoms with Gasteiger partial charge in [-0.05, 0) is 24.8 Å².